The summed E-state index contributed by atoms with van der Waals surface area (Å²) in [7, 11) is 0. The SMILES string of the molecule is O=C(/C=C/c1cn(C(Cc2ccc(-c3ccccc3)cc2)c2cc3ccccc3[nH]2)nn1)NO. The number of aromatic amines is 1. The van der Waals surface area contributed by atoms with E-state index in [2.05, 4.69) is 63.8 Å². The third-order valence-corrected chi connectivity index (χ3v) is 5.76. The first-order valence-electron chi connectivity index (χ1n) is 11.0. The number of amides is 1. The zero-order valence-corrected chi connectivity index (χ0v) is 18.3. The van der Waals surface area contributed by atoms with E-state index in [1.807, 2.05) is 36.4 Å². The van der Waals surface area contributed by atoms with E-state index in [0.29, 0.717) is 12.1 Å². The normalized spacial score (nSPS) is 12.3. The second kappa shape index (κ2) is 9.56. The van der Waals surface area contributed by atoms with Crippen LogP contribution in [0.5, 0.6) is 0 Å². The van der Waals surface area contributed by atoms with Gasteiger partial charge < -0.3 is 4.98 Å². The lowest BCUT2D eigenvalue weighted by molar-refractivity contribution is -0.124. The van der Waals surface area contributed by atoms with E-state index in [1.165, 1.54) is 23.3 Å². The van der Waals surface area contributed by atoms with Crippen LogP contribution >= 0.6 is 0 Å². The van der Waals surface area contributed by atoms with Gasteiger partial charge in [0.2, 0.25) is 0 Å². The lowest BCUT2D eigenvalue weighted by Crippen LogP contribution is -2.15. The van der Waals surface area contributed by atoms with Crippen molar-refractivity contribution in [2.45, 2.75) is 12.5 Å². The molecule has 0 fully saturated rings. The van der Waals surface area contributed by atoms with Crippen LogP contribution in [0.25, 0.3) is 28.1 Å². The molecule has 5 aromatic rings. The van der Waals surface area contributed by atoms with Gasteiger partial charge in [-0.2, -0.15) is 0 Å². The topological polar surface area (TPSA) is 95.8 Å². The number of nitrogens with one attached hydrogen (secondary N) is 2. The number of hydroxylamine groups is 1. The summed E-state index contributed by atoms with van der Waals surface area (Å²) in [5.41, 5.74) is 7.67. The highest BCUT2D eigenvalue weighted by atomic mass is 16.5. The molecule has 0 aliphatic rings. The fraction of sp³-hybridized carbons (Fsp3) is 0.0741. The molecule has 0 bridgehead atoms. The van der Waals surface area contributed by atoms with Crippen molar-refractivity contribution in [3.63, 3.8) is 0 Å². The highest BCUT2D eigenvalue weighted by molar-refractivity contribution is 5.90. The molecule has 0 spiro atoms. The first-order valence-corrected chi connectivity index (χ1v) is 11.0. The maximum Gasteiger partial charge on any atom is 0.267 e. The number of aromatic nitrogens is 4. The van der Waals surface area contributed by atoms with Gasteiger partial charge in [-0.25, -0.2) is 10.2 Å². The molecule has 2 aromatic heterocycles. The van der Waals surface area contributed by atoms with Gasteiger partial charge in [-0.1, -0.05) is 78.0 Å². The molecule has 3 N–H and O–H groups in total. The van der Waals surface area contributed by atoms with Crippen molar-refractivity contribution < 1.29 is 10.0 Å². The summed E-state index contributed by atoms with van der Waals surface area (Å²) in [5, 5.41) is 18.3. The van der Waals surface area contributed by atoms with Gasteiger partial charge in [-0.15, -0.1) is 5.10 Å². The molecule has 0 radical (unpaired) electrons. The van der Waals surface area contributed by atoms with Crippen LogP contribution in [-0.4, -0.2) is 31.1 Å². The Morgan fingerprint density at radius 1 is 1.00 bits per heavy atom. The lowest BCUT2D eigenvalue weighted by atomic mass is 9.99. The summed E-state index contributed by atoms with van der Waals surface area (Å²) in [4.78, 5) is 14.8. The van der Waals surface area contributed by atoms with E-state index in [0.717, 1.165) is 22.2 Å². The largest absolute Gasteiger partial charge is 0.357 e. The number of carbonyl (C=O) groups excluding carboxylic acids is 1. The van der Waals surface area contributed by atoms with Crippen LogP contribution < -0.4 is 5.48 Å². The highest BCUT2D eigenvalue weighted by Crippen LogP contribution is 2.27. The van der Waals surface area contributed by atoms with Gasteiger partial charge in [-0.3, -0.25) is 10.0 Å². The van der Waals surface area contributed by atoms with Crippen molar-refractivity contribution in [1.82, 2.24) is 25.5 Å². The third kappa shape index (κ3) is 4.65. The molecule has 5 rings (SSSR count). The molecular weight excluding hydrogens is 426 g/mol. The van der Waals surface area contributed by atoms with E-state index in [9.17, 15) is 4.79 Å². The van der Waals surface area contributed by atoms with Crippen molar-refractivity contribution in [3.8, 4) is 11.1 Å². The fourth-order valence-corrected chi connectivity index (χ4v) is 4.03. The molecule has 7 heteroatoms. The molecule has 0 saturated carbocycles. The van der Waals surface area contributed by atoms with Crippen LogP contribution in [0.2, 0.25) is 0 Å². The van der Waals surface area contributed by atoms with Crippen molar-refractivity contribution in [1.29, 1.82) is 0 Å². The number of rotatable bonds is 7. The van der Waals surface area contributed by atoms with Crippen LogP contribution in [0.3, 0.4) is 0 Å². The average Bonchev–Trinajstić information content (AvgIpc) is 3.54. The van der Waals surface area contributed by atoms with Gasteiger partial charge in [0.05, 0.1) is 12.2 Å². The summed E-state index contributed by atoms with van der Waals surface area (Å²) >= 11 is 0. The molecule has 0 aliphatic heterocycles. The van der Waals surface area contributed by atoms with Crippen LogP contribution in [0.4, 0.5) is 0 Å². The Hall–Kier alpha value is -4.49. The van der Waals surface area contributed by atoms with Gasteiger partial charge in [-0.05, 0) is 40.3 Å². The summed E-state index contributed by atoms with van der Waals surface area (Å²) in [6, 6.07) is 29.0. The number of H-pyrrole nitrogens is 1. The number of carbonyl (C=O) groups is 1. The van der Waals surface area contributed by atoms with Crippen molar-refractivity contribution >= 4 is 22.9 Å². The molecule has 168 valence electrons. The van der Waals surface area contributed by atoms with E-state index >= 15 is 0 Å². The summed E-state index contributed by atoms with van der Waals surface area (Å²) < 4.78 is 1.80. The summed E-state index contributed by atoms with van der Waals surface area (Å²) in [6.07, 6.45) is 5.20. The summed E-state index contributed by atoms with van der Waals surface area (Å²) in [5.74, 6) is -0.625. The maximum absolute atomic E-state index is 11.3. The molecule has 7 nitrogen and oxygen atoms in total. The van der Waals surface area contributed by atoms with Gasteiger partial charge in [0.1, 0.15) is 5.69 Å². The highest BCUT2D eigenvalue weighted by Gasteiger charge is 2.19. The minimum Gasteiger partial charge on any atom is -0.357 e. The predicted octanol–water partition coefficient (Wildman–Crippen LogP) is 4.78. The van der Waals surface area contributed by atoms with E-state index in [-0.39, 0.29) is 6.04 Å². The van der Waals surface area contributed by atoms with Crippen molar-refractivity contribution in [3.05, 3.63) is 114 Å². The second-order valence-corrected chi connectivity index (χ2v) is 8.03. The minimum absolute atomic E-state index is 0.128. The molecule has 0 aliphatic carbocycles. The molecule has 2 heterocycles. The standard InChI is InChI=1S/C27H23N5O2/c33-27(30-34)15-14-23-18-32(31-29-23)26(25-17-22-8-4-5-9-24(22)28-25)16-19-10-12-21(13-11-19)20-6-2-1-3-7-20/h1-15,17-18,26,28,34H,16H2,(H,30,33)/b15-14+. The molecular formula is C27H23N5O2. The third-order valence-electron chi connectivity index (χ3n) is 5.76. The smallest absolute Gasteiger partial charge is 0.267 e. The minimum atomic E-state index is -0.625. The van der Waals surface area contributed by atoms with Gasteiger partial charge >= 0.3 is 0 Å². The Labute approximate surface area is 196 Å². The van der Waals surface area contributed by atoms with Crippen molar-refractivity contribution in [2.24, 2.45) is 0 Å². The van der Waals surface area contributed by atoms with Crippen LogP contribution in [0, 0.1) is 0 Å². The Kier molecular flexibility index (Phi) is 6.01. The Morgan fingerprint density at radius 3 is 2.50 bits per heavy atom. The van der Waals surface area contributed by atoms with Gasteiger partial charge in [0, 0.05) is 23.7 Å². The van der Waals surface area contributed by atoms with E-state index in [1.54, 1.807) is 16.4 Å². The Balaban J connectivity index is 1.47. The lowest BCUT2D eigenvalue weighted by Gasteiger charge is -2.16. The first kappa shape index (κ1) is 21.4. The number of benzene rings is 3. The first-order chi connectivity index (χ1) is 16.7. The van der Waals surface area contributed by atoms with Crippen molar-refractivity contribution in [2.75, 3.05) is 0 Å². The van der Waals surface area contributed by atoms with Crippen LogP contribution in [0.1, 0.15) is 23.0 Å². The van der Waals surface area contributed by atoms with Crippen LogP contribution in [-0.2, 0) is 11.2 Å². The zero-order chi connectivity index (χ0) is 23.3. The number of hydrogen-bond acceptors (Lipinski definition) is 4. The fourth-order valence-electron chi connectivity index (χ4n) is 4.03. The van der Waals surface area contributed by atoms with Crippen LogP contribution in [0.15, 0.2) is 97.2 Å². The molecule has 1 amide bonds. The summed E-state index contributed by atoms with van der Waals surface area (Å²) in [6.45, 7) is 0. The quantitative estimate of drug-likeness (QED) is 0.189. The molecule has 1 unspecified atom stereocenters. The Bertz CT molecular complexity index is 1400. The average molecular weight is 450 g/mol. The number of hydrogen-bond donors (Lipinski definition) is 3. The van der Waals surface area contributed by atoms with E-state index in [4.69, 9.17) is 5.21 Å². The number of nitrogens with zero attached hydrogens (tertiary/aromatic N) is 3. The number of fused-ring (bicyclic) bond motifs is 1. The van der Waals surface area contributed by atoms with Gasteiger partial charge in [0.25, 0.3) is 5.91 Å². The molecule has 34 heavy (non-hydrogen) atoms. The molecule has 0 saturated heterocycles. The second-order valence-electron chi connectivity index (χ2n) is 8.03. The molecule has 1 atom stereocenters. The number of para-hydroxylation sites is 1. The monoisotopic (exact) mass is 449 g/mol. The predicted molar refractivity (Wildman–Crippen MR) is 131 cm³/mol. The maximum atomic E-state index is 11.3. The van der Waals surface area contributed by atoms with E-state index < -0.39 is 5.91 Å². The Morgan fingerprint density at radius 2 is 1.74 bits per heavy atom. The van der Waals surface area contributed by atoms with Gasteiger partial charge in [0.15, 0.2) is 0 Å². The molecule has 3 aromatic carbocycles. The zero-order valence-electron chi connectivity index (χ0n) is 18.3.